The minimum atomic E-state index is -2.86. The Morgan fingerprint density at radius 2 is 2.12 bits per heavy atom. The molecule has 1 aromatic rings. The maximum absolute atomic E-state index is 11.5. The third kappa shape index (κ3) is 5.53. The smallest absolute Gasteiger partial charge is 0.193 e. The molecule has 1 unspecified atom stereocenters. The molecule has 8 heteroatoms. The van der Waals surface area contributed by atoms with Crippen LogP contribution in [0, 0.1) is 5.92 Å². The van der Waals surface area contributed by atoms with E-state index in [2.05, 4.69) is 10.3 Å². The van der Waals surface area contributed by atoms with Crippen molar-refractivity contribution < 1.29 is 8.42 Å². The molecule has 1 heterocycles. The monoisotopic (exact) mass is 391 g/mol. The summed E-state index contributed by atoms with van der Waals surface area (Å²) in [5.41, 5.74) is 1.03. The maximum atomic E-state index is 11.5. The number of aliphatic imine (C=N–C) groups is 1. The summed E-state index contributed by atoms with van der Waals surface area (Å²) in [6.45, 7) is 3.90. The molecule has 1 N–H and O–H groups in total. The molecule has 1 aliphatic rings. The van der Waals surface area contributed by atoms with Crippen molar-refractivity contribution in [3.8, 4) is 0 Å². The van der Waals surface area contributed by atoms with Crippen LogP contribution in [0.25, 0.3) is 0 Å². The first-order chi connectivity index (χ1) is 11.3. The van der Waals surface area contributed by atoms with E-state index < -0.39 is 9.84 Å². The number of sulfone groups is 1. The molecule has 0 amide bonds. The summed E-state index contributed by atoms with van der Waals surface area (Å²) in [7, 11) is -0.924. The Morgan fingerprint density at radius 3 is 2.71 bits per heavy atom. The number of hydrogen-bond acceptors (Lipinski definition) is 3. The van der Waals surface area contributed by atoms with Crippen molar-refractivity contribution in [3.63, 3.8) is 0 Å². The average Bonchev–Trinajstić information content (AvgIpc) is 2.86. The van der Waals surface area contributed by atoms with Crippen molar-refractivity contribution in [1.29, 1.82) is 0 Å². The molecule has 2 rings (SSSR count). The first-order valence-corrected chi connectivity index (χ1v) is 10.5. The van der Waals surface area contributed by atoms with E-state index in [0.717, 1.165) is 18.1 Å². The summed E-state index contributed by atoms with van der Waals surface area (Å²) in [6, 6.07) is 5.55. The summed E-state index contributed by atoms with van der Waals surface area (Å²) >= 11 is 12.0. The lowest BCUT2D eigenvalue weighted by Crippen LogP contribution is -2.38. The molecule has 1 aliphatic heterocycles. The largest absolute Gasteiger partial charge is 0.357 e. The van der Waals surface area contributed by atoms with Crippen LogP contribution >= 0.6 is 23.2 Å². The van der Waals surface area contributed by atoms with Crippen LogP contribution in [0.2, 0.25) is 10.0 Å². The fourth-order valence-corrected chi connectivity index (χ4v) is 4.86. The second-order valence-corrected chi connectivity index (χ2v) is 9.11. The Kier molecular flexibility index (Phi) is 6.78. The molecule has 5 nitrogen and oxygen atoms in total. The summed E-state index contributed by atoms with van der Waals surface area (Å²) in [5.74, 6) is 1.39. The Labute approximate surface area is 154 Å². The normalized spacial score (nSPS) is 20.2. The van der Waals surface area contributed by atoms with Crippen molar-refractivity contribution in [2.24, 2.45) is 10.9 Å². The minimum absolute atomic E-state index is 0.113. The van der Waals surface area contributed by atoms with Crippen LogP contribution < -0.4 is 5.32 Å². The fourth-order valence-electron chi connectivity index (χ4n) is 2.69. The van der Waals surface area contributed by atoms with E-state index in [4.69, 9.17) is 23.2 Å². The number of nitrogens with zero attached hydrogens (tertiary/aromatic N) is 2. The number of rotatable bonds is 5. The van der Waals surface area contributed by atoms with Crippen LogP contribution in [0.5, 0.6) is 0 Å². The van der Waals surface area contributed by atoms with Crippen LogP contribution in [-0.4, -0.2) is 50.9 Å². The number of halogens is 2. The Morgan fingerprint density at radius 1 is 1.38 bits per heavy atom. The zero-order valence-corrected chi connectivity index (χ0v) is 16.3. The Bertz CT molecular complexity index is 707. The molecule has 0 bridgehead atoms. The van der Waals surface area contributed by atoms with Gasteiger partial charge in [0, 0.05) is 26.7 Å². The first kappa shape index (κ1) is 19.3. The predicted molar refractivity (Wildman–Crippen MR) is 101 cm³/mol. The van der Waals surface area contributed by atoms with Gasteiger partial charge < -0.3 is 10.2 Å². The van der Waals surface area contributed by atoms with Crippen LogP contribution in [-0.2, 0) is 16.4 Å². The van der Waals surface area contributed by atoms with Gasteiger partial charge in [0.15, 0.2) is 15.8 Å². The van der Waals surface area contributed by atoms with Gasteiger partial charge in [0.25, 0.3) is 0 Å². The number of nitrogens with one attached hydrogen (secondary N) is 1. The van der Waals surface area contributed by atoms with Gasteiger partial charge in [0.05, 0.1) is 21.6 Å². The fraction of sp³-hybridized carbons (Fsp3) is 0.562. The standard InChI is InChI=1S/C16H23Cl2N3O2S/c1-3-19-16(20-9-13-6-7-24(22,23)11-13)21(2)10-12-4-5-14(17)15(18)8-12/h4-5,8,13H,3,6-7,9-11H2,1-2H3,(H,19,20). The highest BCUT2D eigenvalue weighted by molar-refractivity contribution is 7.91. The zero-order valence-electron chi connectivity index (χ0n) is 13.9. The highest BCUT2D eigenvalue weighted by Gasteiger charge is 2.27. The zero-order chi connectivity index (χ0) is 17.7. The maximum Gasteiger partial charge on any atom is 0.193 e. The van der Waals surface area contributed by atoms with Crippen LogP contribution in [0.3, 0.4) is 0 Å². The van der Waals surface area contributed by atoms with E-state index in [1.165, 1.54) is 0 Å². The van der Waals surface area contributed by atoms with Gasteiger partial charge in [-0.15, -0.1) is 0 Å². The Hall–Kier alpha value is -0.980. The molecule has 0 aliphatic carbocycles. The van der Waals surface area contributed by atoms with Gasteiger partial charge in [0.2, 0.25) is 0 Å². The van der Waals surface area contributed by atoms with Gasteiger partial charge in [-0.3, -0.25) is 4.99 Å². The number of hydrogen-bond donors (Lipinski definition) is 1. The third-order valence-electron chi connectivity index (χ3n) is 3.93. The van der Waals surface area contributed by atoms with Gasteiger partial charge in [-0.05, 0) is 37.0 Å². The quantitative estimate of drug-likeness (QED) is 0.618. The molecule has 24 heavy (non-hydrogen) atoms. The summed E-state index contributed by atoms with van der Waals surface area (Å²) in [5, 5.41) is 4.30. The number of guanidine groups is 1. The molecular weight excluding hydrogens is 369 g/mol. The Balaban J connectivity index is 2.02. The SMILES string of the molecule is CCNC(=NCC1CCS(=O)(=O)C1)N(C)Cc1ccc(Cl)c(Cl)c1. The van der Waals surface area contributed by atoms with Gasteiger partial charge >= 0.3 is 0 Å². The van der Waals surface area contributed by atoms with Gasteiger partial charge in [-0.2, -0.15) is 0 Å². The molecule has 0 saturated carbocycles. The van der Waals surface area contributed by atoms with Gasteiger partial charge in [0.1, 0.15) is 0 Å². The second-order valence-electron chi connectivity index (χ2n) is 6.07. The van der Waals surface area contributed by atoms with E-state index in [0.29, 0.717) is 29.6 Å². The molecule has 0 radical (unpaired) electrons. The molecule has 1 aromatic carbocycles. The minimum Gasteiger partial charge on any atom is -0.357 e. The highest BCUT2D eigenvalue weighted by atomic mass is 35.5. The van der Waals surface area contributed by atoms with Crippen LogP contribution in [0.1, 0.15) is 18.9 Å². The molecule has 1 fully saturated rings. The third-order valence-corrected chi connectivity index (χ3v) is 6.50. The molecule has 134 valence electrons. The van der Waals surface area contributed by atoms with Crippen molar-refractivity contribution in [3.05, 3.63) is 33.8 Å². The van der Waals surface area contributed by atoms with E-state index in [1.54, 1.807) is 6.07 Å². The van der Waals surface area contributed by atoms with Crippen LogP contribution in [0.15, 0.2) is 23.2 Å². The van der Waals surface area contributed by atoms with Crippen molar-refractivity contribution in [1.82, 2.24) is 10.2 Å². The lowest BCUT2D eigenvalue weighted by molar-refractivity contribution is 0.472. The van der Waals surface area contributed by atoms with Crippen molar-refractivity contribution in [2.75, 3.05) is 31.6 Å². The van der Waals surface area contributed by atoms with Gasteiger partial charge in [-0.25, -0.2) is 8.42 Å². The molecule has 0 aromatic heterocycles. The summed E-state index contributed by atoms with van der Waals surface area (Å²) < 4.78 is 23.1. The lowest BCUT2D eigenvalue weighted by Gasteiger charge is -2.22. The average molecular weight is 392 g/mol. The molecular formula is C16H23Cl2N3O2S. The van der Waals surface area contributed by atoms with Crippen molar-refractivity contribution in [2.45, 2.75) is 19.9 Å². The predicted octanol–water partition coefficient (Wildman–Crippen LogP) is 2.83. The lowest BCUT2D eigenvalue weighted by atomic mass is 10.1. The summed E-state index contributed by atoms with van der Waals surface area (Å²) in [4.78, 5) is 6.60. The van der Waals surface area contributed by atoms with E-state index in [-0.39, 0.29) is 17.4 Å². The van der Waals surface area contributed by atoms with E-state index in [1.807, 2.05) is 31.0 Å². The summed E-state index contributed by atoms with van der Waals surface area (Å²) in [6.07, 6.45) is 0.696. The van der Waals surface area contributed by atoms with Crippen molar-refractivity contribution >= 4 is 39.0 Å². The van der Waals surface area contributed by atoms with Crippen LogP contribution in [0.4, 0.5) is 0 Å². The van der Waals surface area contributed by atoms with E-state index in [9.17, 15) is 8.42 Å². The number of benzene rings is 1. The topological polar surface area (TPSA) is 61.8 Å². The molecule has 1 atom stereocenters. The molecule has 1 saturated heterocycles. The highest BCUT2D eigenvalue weighted by Crippen LogP contribution is 2.23. The van der Waals surface area contributed by atoms with E-state index >= 15 is 0 Å². The van der Waals surface area contributed by atoms with Gasteiger partial charge in [-0.1, -0.05) is 29.3 Å². The first-order valence-electron chi connectivity index (χ1n) is 7.94. The second kappa shape index (κ2) is 8.41. The molecule has 0 spiro atoms.